The zero-order valence-electron chi connectivity index (χ0n) is 14.9. The quantitative estimate of drug-likeness (QED) is 0.625. The highest BCUT2D eigenvalue weighted by Gasteiger charge is 2.19. The summed E-state index contributed by atoms with van der Waals surface area (Å²) in [5.41, 5.74) is 1.95. The summed E-state index contributed by atoms with van der Waals surface area (Å²) < 4.78 is 10.5. The first-order chi connectivity index (χ1) is 13.0. The Hall–Kier alpha value is -2.64. The van der Waals surface area contributed by atoms with Gasteiger partial charge >= 0.3 is 5.97 Å². The van der Waals surface area contributed by atoms with Crippen LogP contribution in [0.15, 0.2) is 42.6 Å². The van der Waals surface area contributed by atoms with Crippen molar-refractivity contribution in [2.75, 3.05) is 36.5 Å². The standard InChI is InChI=1S/C19H20ClN3O4/c1-13(27-19(25)14-6-7-21-17(20)12-14)18(24)22-15-2-4-16(5-3-15)23-8-10-26-11-9-23/h2-7,12-13H,8-11H2,1H3,(H,22,24). The van der Waals surface area contributed by atoms with Gasteiger partial charge in [0.05, 0.1) is 18.8 Å². The van der Waals surface area contributed by atoms with Crippen LogP contribution in [0.4, 0.5) is 11.4 Å². The van der Waals surface area contributed by atoms with Crippen molar-refractivity contribution in [1.29, 1.82) is 0 Å². The molecule has 1 N–H and O–H groups in total. The van der Waals surface area contributed by atoms with Gasteiger partial charge in [-0.3, -0.25) is 4.79 Å². The second-order valence-electron chi connectivity index (χ2n) is 6.05. The molecule has 1 saturated heterocycles. The number of halogens is 1. The van der Waals surface area contributed by atoms with E-state index < -0.39 is 18.0 Å². The third-order valence-corrected chi connectivity index (χ3v) is 4.33. The monoisotopic (exact) mass is 389 g/mol. The average Bonchev–Trinajstić information content (AvgIpc) is 2.69. The molecule has 1 atom stereocenters. The predicted octanol–water partition coefficient (Wildman–Crippen LogP) is 2.76. The molecule has 1 amide bonds. The lowest BCUT2D eigenvalue weighted by molar-refractivity contribution is -0.123. The maximum absolute atomic E-state index is 12.3. The number of aromatic nitrogens is 1. The molecule has 27 heavy (non-hydrogen) atoms. The molecule has 1 aliphatic rings. The number of carbonyl (C=O) groups excluding carboxylic acids is 2. The second-order valence-corrected chi connectivity index (χ2v) is 6.44. The highest BCUT2D eigenvalue weighted by molar-refractivity contribution is 6.29. The molecule has 8 heteroatoms. The maximum atomic E-state index is 12.3. The summed E-state index contributed by atoms with van der Waals surface area (Å²) in [5.74, 6) is -1.05. The Morgan fingerprint density at radius 3 is 2.59 bits per heavy atom. The third-order valence-electron chi connectivity index (χ3n) is 4.13. The van der Waals surface area contributed by atoms with Gasteiger partial charge in [0.25, 0.3) is 5.91 Å². The number of carbonyl (C=O) groups is 2. The minimum absolute atomic E-state index is 0.182. The number of anilines is 2. The maximum Gasteiger partial charge on any atom is 0.339 e. The van der Waals surface area contributed by atoms with Crippen molar-refractivity contribution in [3.63, 3.8) is 0 Å². The van der Waals surface area contributed by atoms with Crippen LogP contribution in [-0.2, 0) is 14.3 Å². The van der Waals surface area contributed by atoms with Crippen LogP contribution >= 0.6 is 11.6 Å². The number of hydrogen-bond donors (Lipinski definition) is 1. The molecule has 142 valence electrons. The summed E-state index contributed by atoms with van der Waals surface area (Å²) in [5, 5.41) is 2.92. The van der Waals surface area contributed by atoms with E-state index in [4.69, 9.17) is 21.1 Å². The van der Waals surface area contributed by atoms with Gasteiger partial charge in [-0.1, -0.05) is 11.6 Å². The summed E-state index contributed by atoms with van der Waals surface area (Å²) in [6.07, 6.45) is 0.447. The minimum Gasteiger partial charge on any atom is -0.449 e. The zero-order chi connectivity index (χ0) is 19.2. The largest absolute Gasteiger partial charge is 0.449 e. The molecule has 0 spiro atoms. The van der Waals surface area contributed by atoms with Crippen LogP contribution < -0.4 is 10.2 Å². The Morgan fingerprint density at radius 1 is 1.22 bits per heavy atom. The minimum atomic E-state index is -0.955. The van der Waals surface area contributed by atoms with Crippen molar-refractivity contribution in [3.05, 3.63) is 53.3 Å². The number of rotatable bonds is 5. The van der Waals surface area contributed by atoms with E-state index in [0.717, 1.165) is 18.8 Å². The summed E-state index contributed by atoms with van der Waals surface area (Å²) in [7, 11) is 0. The lowest BCUT2D eigenvalue weighted by atomic mass is 10.2. The van der Waals surface area contributed by atoms with Crippen LogP contribution in [0.5, 0.6) is 0 Å². The lowest BCUT2D eigenvalue weighted by Gasteiger charge is -2.28. The lowest BCUT2D eigenvalue weighted by Crippen LogP contribution is -2.36. The summed E-state index contributed by atoms with van der Waals surface area (Å²) in [6, 6.07) is 10.4. The van der Waals surface area contributed by atoms with E-state index in [1.807, 2.05) is 24.3 Å². The average molecular weight is 390 g/mol. The highest BCUT2D eigenvalue weighted by atomic mass is 35.5. The van der Waals surface area contributed by atoms with Gasteiger partial charge in [-0.15, -0.1) is 0 Å². The van der Waals surface area contributed by atoms with E-state index in [9.17, 15) is 9.59 Å². The van der Waals surface area contributed by atoms with E-state index in [1.165, 1.54) is 25.3 Å². The molecule has 1 aromatic heterocycles. The van der Waals surface area contributed by atoms with E-state index in [2.05, 4.69) is 15.2 Å². The van der Waals surface area contributed by atoms with Gasteiger partial charge < -0.3 is 19.7 Å². The number of ether oxygens (including phenoxy) is 2. The summed E-state index contributed by atoms with van der Waals surface area (Å²) >= 11 is 5.76. The van der Waals surface area contributed by atoms with Crippen LogP contribution in [0.2, 0.25) is 5.15 Å². The van der Waals surface area contributed by atoms with Crippen molar-refractivity contribution in [2.24, 2.45) is 0 Å². The Balaban J connectivity index is 1.55. The van der Waals surface area contributed by atoms with Gasteiger partial charge in [0.1, 0.15) is 5.15 Å². The number of morpholine rings is 1. The van der Waals surface area contributed by atoms with Gasteiger partial charge in [0, 0.05) is 30.7 Å². The van der Waals surface area contributed by atoms with E-state index in [0.29, 0.717) is 18.9 Å². The Labute approximate surface area is 162 Å². The number of pyridine rings is 1. The number of benzene rings is 1. The molecule has 7 nitrogen and oxygen atoms in total. The molecule has 0 saturated carbocycles. The molecule has 0 aliphatic carbocycles. The van der Waals surface area contributed by atoms with Crippen LogP contribution in [0.3, 0.4) is 0 Å². The van der Waals surface area contributed by atoms with Gasteiger partial charge in [-0.2, -0.15) is 0 Å². The molecule has 0 radical (unpaired) electrons. The van der Waals surface area contributed by atoms with Crippen molar-refractivity contribution in [2.45, 2.75) is 13.0 Å². The Morgan fingerprint density at radius 2 is 1.93 bits per heavy atom. The van der Waals surface area contributed by atoms with E-state index in [1.54, 1.807) is 0 Å². The van der Waals surface area contributed by atoms with Crippen LogP contribution in [-0.4, -0.2) is 49.3 Å². The Bertz CT molecular complexity index is 807. The number of nitrogens with zero attached hydrogens (tertiary/aromatic N) is 2. The molecule has 2 heterocycles. The van der Waals surface area contributed by atoms with Gasteiger partial charge in [0.2, 0.25) is 0 Å². The number of hydrogen-bond acceptors (Lipinski definition) is 6. The normalized spacial score (nSPS) is 15.1. The Kier molecular flexibility index (Phi) is 6.26. The highest BCUT2D eigenvalue weighted by Crippen LogP contribution is 2.19. The van der Waals surface area contributed by atoms with E-state index in [-0.39, 0.29) is 10.7 Å². The van der Waals surface area contributed by atoms with Crippen molar-refractivity contribution in [3.8, 4) is 0 Å². The van der Waals surface area contributed by atoms with Crippen LogP contribution in [0, 0.1) is 0 Å². The second kappa shape index (κ2) is 8.83. The topological polar surface area (TPSA) is 80.8 Å². The van der Waals surface area contributed by atoms with Gasteiger partial charge in [-0.05, 0) is 43.3 Å². The first-order valence-corrected chi connectivity index (χ1v) is 8.97. The molecule has 1 aliphatic heterocycles. The van der Waals surface area contributed by atoms with Crippen LogP contribution in [0.25, 0.3) is 0 Å². The van der Waals surface area contributed by atoms with Crippen molar-refractivity contribution < 1.29 is 19.1 Å². The first kappa shape index (κ1) is 19.1. The molecule has 3 rings (SSSR count). The fourth-order valence-electron chi connectivity index (χ4n) is 2.63. The fraction of sp³-hybridized carbons (Fsp3) is 0.316. The smallest absolute Gasteiger partial charge is 0.339 e. The summed E-state index contributed by atoms with van der Waals surface area (Å²) in [4.78, 5) is 30.4. The number of nitrogens with one attached hydrogen (secondary N) is 1. The molecular formula is C19H20ClN3O4. The molecule has 2 aromatic rings. The van der Waals surface area contributed by atoms with E-state index >= 15 is 0 Å². The molecule has 1 aromatic carbocycles. The van der Waals surface area contributed by atoms with Crippen LogP contribution in [0.1, 0.15) is 17.3 Å². The third kappa shape index (κ3) is 5.18. The van der Waals surface area contributed by atoms with Crippen molar-refractivity contribution >= 4 is 34.9 Å². The fourth-order valence-corrected chi connectivity index (χ4v) is 2.81. The predicted molar refractivity (Wildman–Crippen MR) is 102 cm³/mol. The molecule has 1 fully saturated rings. The van der Waals surface area contributed by atoms with Gasteiger partial charge in [0.15, 0.2) is 6.10 Å². The molecule has 1 unspecified atom stereocenters. The molecule has 0 bridgehead atoms. The molecular weight excluding hydrogens is 370 g/mol. The van der Waals surface area contributed by atoms with Crippen molar-refractivity contribution in [1.82, 2.24) is 4.98 Å². The number of esters is 1. The van der Waals surface area contributed by atoms with Gasteiger partial charge in [-0.25, -0.2) is 9.78 Å². The SMILES string of the molecule is CC(OC(=O)c1ccnc(Cl)c1)C(=O)Nc1ccc(N2CCOCC2)cc1. The number of amides is 1. The first-order valence-electron chi connectivity index (χ1n) is 8.59. The zero-order valence-corrected chi connectivity index (χ0v) is 15.6. The summed E-state index contributed by atoms with van der Waals surface area (Å²) in [6.45, 7) is 4.63.